The van der Waals surface area contributed by atoms with Gasteiger partial charge < -0.3 is 10.1 Å². The molecule has 0 aliphatic rings. The molecule has 0 aliphatic heterocycles. The third-order valence-electron chi connectivity index (χ3n) is 2.82. The Morgan fingerprint density at radius 1 is 1.15 bits per heavy atom. The van der Waals surface area contributed by atoms with Crippen LogP contribution < -0.4 is 10.1 Å². The number of benzene rings is 2. The minimum atomic E-state index is -0.0762. The van der Waals surface area contributed by atoms with E-state index in [4.69, 9.17) is 4.74 Å². The van der Waals surface area contributed by atoms with Crippen LogP contribution in [0.1, 0.15) is 22.8 Å². The van der Waals surface area contributed by atoms with Crippen LogP contribution in [-0.2, 0) is 6.54 Å². The van der Waals surface area contributed by atoms with E-state index in [2.05, 4.69) is 27.9 Å². The van der Waals surface area contributed by atoms with Crippen molar-refractivity contribution in [3.05, 3.63) is 63.2 Å². The topological polar surface area (TPSA) is 38.3 Å². The lowest BCUT2D eigenvalue weighted by Crippen LogP contribution is -2.23. The van der Waals surface area contributed by atoms with E-state index in [1.54, 1.807) is 0 Å². The molecule has 0 aromatic heterocycles. The van der Waals surface area contributed by atoms with Gasteiger partial charge in [0.2, 0.25) is 0 Å². The van der Waals surface area contributed by atoms with Gasteiger partial charge in [-0.25, -0.2) is 0 Å². The van der Waals surface area contributed by atoms with Gasteiger partial charge in [-0.05, 0) is 59.8 Å². The molecule has 0 heterocycles. The van der Waals surface area contributed by atoms with Gasteiger partial charge in [0.1, 0.15) is 5.75 Å². The molecule has 0 spiro atoms. The van der Waals surface area contributed by atoms with Gasteiger partial charge in [0.15, 0.2) is 0 Å². The first kappa shape index (κ1) is 14.8. The highest BCUT2D eigenvalue weighted by atomic mass is 127. The number of rotatable bonds is 5. The lowest BCUT2D eigenvalue weighted by molar-refractivity contribution is 0.0950. The molecule has 0 aliphatic carbocycles. The number of amides is 1. The molecule has 20 heavy (non-hydrogen) atoms. The highest BCUT2D eigenvalue weighted by molar-refractivity contribution is 14.1. The van der Waals surface area contributed by atoms with E-state index in [9.17, 15) is 4.79 Å². The smallest absolute Gasteiger partial charge is 0.251 e. The second kappa shape index (κ2) is 7.28. The summed E-state index contributed by atoms with van der Waals surface area (Å²) in [7, 11) is 0. The van der Waals surface area contributed by atoms with E-state index in [1.807, 2.05) is 55.5 Å². The van der Waals surface area contributed by atoms with E-state index in [0.29, 0.717) is 18.7 Å². The number of para-hydroxylation sites is 1. The van der Waals surface area contributed by atoms with Gasteiger partial charge in [0, 0.05) is 21.2 Å². The van der Waals surface area contributed by atoms with Gasteiger partial charge in [-0.2, -0.15) is 0 Å². The first-order valence-electron chi connectivity index (χ1n) is 6.45. The Morgan fingerprint density at radius 3 is 2.55 bits per heavy atom. The first-order valence-corrected chi connectivity index (χ1v) is 7.53. The maximum Gasteiger partial charge on any atom is 0.251 e. The van der Waals surface area contributed by atoms with Crippen molar-refractivity contribution < 1.29 is 9.53 Å². The van der Waals surface area contributed by atoms with Gasteiger partial charge in [-0.15, -0.1) is 0 Å². The zero-order valence-corrected chi connectivity index (χ0v) is 13.4. The minimum Gasteiger partial charge on any atom is -0.494 e. The summed E-state index contributed by atoms with van der Waals surface area (Å²) in [5.41, 5.74) is 1.65. The monoisotopic (exact) mass is 381 g/mol. The minimum absolute atomic E-state index is 0.0762. The van der Waals surface area contributed by atoms with Gasteiger partial charge in [-0.1, -0.05) is 18.2 Å². The summed E-state index contributed by atoms with van der Waals surface area (Å²) in [6, 6.07) is 15.2. The fraction of sp³-hybridized carbons (Fsp3) is 0.188. The van der Waals surface area contributed by atoms with Gasteiger partial charge in [-0.3, -0.25) is 4.79 Å². The van der Waals surface area contributed by atoms with Crippen molar-refractivity contribution in [2.75, 3.05) is 6.61 Å². The van der Waals surface area contributed by atoms with Crippen molar-refractivity contribution in [1.82, 2.24) is 5.32 Å². The summed E-state index contributed by atoms with van der Waals surface area (Å²) < 4.78 is 6.65. The van der Waals surface area contributed by atoms with Crippen molar-refractivity contribution in [3.8, 4) is 5.75 Å². The zero-order valence-electron chi connectivity index (χ0n) is 11.2. The maximum atomic E-state index is 12.0. The quantitative estimate of drug-likeness (QED) is 0.804. The lowest BCUT2D eigenvalue weighted by Gasteiger charge is -2.11. The Morgan fingerprint density at radius 2 is 1.85 bits per heavy atom. The number of carbonyl (C=O) groups is 1. The molecule has 0 radical (unpaired) electrons. The summed E-state index contributed by atoms with van der Waals surface area (Å²) in [4.78, 5) is 12.0. The molecule has 2 rings (SSSR count). The van der Waals surface area contributed by atoms with Crippen LogP contribution in [0.15, 0.2) is 48.5 Å². The van der Waals surface area contributed by atoms with Crippen LogP contribution in [0.3, 0.4) is 0 Å². The van der Waals surface area contributed by atoms with Crippen LogP contribution in [0, 0.1) is 3.57 Å². The molecule has 0 fully saturated rings. The second-order valence-corrected chi connectivity index (χ2v) is 5.48. The molecule has 0 bridgehead atoms. The van der Waals surface area contributed by atoms with Crippen molar-refractivity contribution in [3.63, 3.8) is 0 Å². The van der Waals surface area contributed by atoms with Gasteiger partial charge in [0.05, 0.1) is 6.61 Å². The normalized spacial score (nSPS) is 10.1. The molecule has 1 N–H and O–H groups in total. The van der Waals surface area contributed by atoms with E-state index in [0.717, 1.165) is 14.9 Å². The van der Waals surface area contributed by atoms with E-state index in [1.165, 1.54) is 0 Å². The molecule has 4 heteroatoms. The maximum absolute atomic E-state index is 12.0. The molecule has 0 unspecified atom stereocenters. The molecule has 0 saturated carbocycles. The molecule has 0 saturated heterocycles. The molecule has 104 valence electrons. The average Bonchev–Trinajstić information content (AvgIpc) is 2.47. The summed E-state index contributed by atoms with van der Waals surface area (Å²) in [6.45, 7) is 3.02. The number of hydrogen-bond donors (Lipinski definition) is 1. The third-order valence-corrected chi connectivity index (χ3v) is 3.54. The summed E-state index contributed by atoms with van der Waals surface area (Å²) in [5.74, 6) is 0.741. The average molecular weight is 381 g/mol. The highest BCUT2D eigenvalue weighted by Gasteiger charge is 2.07. The highest BCUT2D eigenvalue weighted by Crippen LogP contribution is 2.17. The Balaban J connectivity index is 2.01. The van der Waals surface area contributed by atoms with Crippen molar-refractivity contribution in [2.24, 2.45) is 0 Å². The van der Waals surface area contributed by atoms with Gasteiger partial charge in [0.25, 0.3) is 5.91 Å². The van der Waals surface area contributed by atoms with Crippen LogP contribution >= 0.6 is 22.6 Å². The summed E-state index contributed by atoms with van der Waals surface area (Å²) in [5, 5.41) is 2.91. The second-order valence-electron chi connectivity index (χ2n) is 4.23. The number of nitrogens with one attached hydrogen (secondary N) is 1. The van der Waals surface area contributed by atoms with Crippen LogP contribution in [0.25, 0.3) is 0 Å². The standard InChI is InChI=1S/C16H16INO2/c1-2-20-15-6-4-3-5-13(15)11-18-16(19)12-7-9-14(17)10-8-12/h3-10H,2,11H2,1H3,(H,18,19). The Hall–Kier alpha value is -1.56. The first-order chi connectivity index (χ1) is 9.70. The van der Waals surface area contributed by atoms with Crippen molar-refractivity contribution in [1.29, 1.82) is 0 Å². The fourth-order valence-electron chi connectivity index (χ4n) is 1.83. The summed E-state index contributed by atoms with van der Waals surface area (Å²) in [6.07, 6.45) is 0. The van der Waals surface area contributed by atoms with Crippen LogP contribution in [0.4, 0.5) is 0 Å². The van der Waals surface area contributed by atoms with Gasteiger partial charge >= 0.3 is 0 Å². The number of ether oxygens (including phenoxy) is 1. The zero-order chi connectivity index (χ0) is 14.4. The largest absolute Gasteiger partial charge is 0.494 e. The Labute approximate surface area is 132 Å². The Kier molecular flexibility index (Phi) is 5.40. The fourth-order valence-corrected chi connectivity index (χ4v) is 2.18. The van der Waals surface area contributed by atoms with E-state index in [-0.39, 0.29) is 5.91 Å². The van der Waals surface area contributed by atoms with Crippen LogP contribution in [-0.4, -0.2) is 12.5 Å². The lowest BCUT2D eigenvalue weighted by atomic mass is 10.2. The molecule has 2 aromatic carbocycles. The van der Waals surface area contributed by atoms with E-state index < -0.39 is 0 Å². The number of halogens is 1. The number of hydrogen-bond acceptors (Lipinski definition) is 2. The molecule has 3 nitrogen and oxygen atoms in total. The van der Waals surface area contributed by atoms with Crippen molar-refractivity contribution in [2.45, 2.75) is 13.5 Å². The number of carbonyl (C=O) groups excluding carboxylic acids is 1. The molecule has 1 amide bonds. The summed E-state index contributed by atoms with van der Waals surface area (Å²) >= 11 is 2.22. The molecular weight excluding hydrogens is 365 g/mol. The van der Waals surface area contributed by atoms with Crippen LogP contribution in [0.2, 0.25) is 0 Å². The van der Waals surface area contributed by atoms with E-state index >= 15 is 0 Å². The van der Waals surface area contributed by atoms with Crippen LogP contribution in [0.5, 0.6) is 5.75 Å². The van der Waals surface area contributed by atoms with Crippen molar-refractivity contribution >= 4 is 28.5 Å². The predicted molar refractivity (Wildman–Crippen MR) is 87.9 cm³/mol. The Bertz CT molecular complexity index is 581. The third kappa shape index (κ3) is 3.96. The SMILES string of the molecule is CCOc1ccccc1CNC(=O)c1ccc(I)cc1. The molecule has 2 aromatic rings. The predicted octanol–water partition coefficient (Wildman–Crippen LogP) is 3.62. The molecular formula is C16H16INO2. The molecule has 0 atom stereocenters.